The third kappa shape index (κ3) is 5.43. The average Bonchev–Trinajstić information content (AvgIpc) is 3.04. The van der Waals surface area contributed by atoms with Gasteiger partial charge in [0.2, 0.25) is 5.91 Å². The number of nitrogens with zero attached hydrogens (tertiary/aromatic N) is 3. The summed E-state index contributed by atoms with van der Waals surface area (Å²) in [6.45, 7) is 4.13. The van der Waals surface area contributed by atoms with Crippen LogP contribution in [0.15, 0.2) is 23.2 Å². The van der Waals surface area contributed by atoms with Crippen LogP contribution in [-0.2, 0) is 16.1 Å². The molecule has 1 aliphatic heterocycles. The molecule has 1 aromatic carbocycles. The maximum atomic E-state index is 12.4. The predicted molar refractivity (Wildman–Crippen MR) is 118 cm³/mol. The van der Waals surface area contributed by atoms with Crippen molar-refractivity contribution in [1.29, 1.82) is 0 Å². The monoisotopic (exact) mass is 431 g/mol. The molecule has 0 radical (unpaired) electrons. The number of carbonyl (C=O) groups excluding carboxylic acids is 2. The Kier molecular flexibility index (Phi) is 7.40. The molecule has 2 amide bonds. The number of carbonyl (C=O) groups is 2. The summed E-state index contributed by atoms with van der Waals surface area (Å²) in [6, 6.07) is 5.68. The first-order valence-electron chi connectivity index (χ1n) is 9.55. The number of piperidine rings is 1. The number of ether oxygens (including phenoxy) is 1. The maximum Gasteiger partial charge on any atom is 0.258 e. The van der Waals surface area contributed by atoms with Gasteiger partial charge in [-0.25, -0.2) is 0 Å². The van der Waals surface area contributed by atoms with E-state index >= 15 is 0 Å². The van der Waals surface area contributed by atoms with Gasteiger partial charge in [0, 0.05) is 13.1 Å². The number of rotatable bonds is 6. The maximum absolute atomic E-state index is 12.4. The van der Waals surface area contributed by atoms with E-state index in [4.69, 9.17) is 11.2 Å². The van der Waals surface area contributed by atoms with E-state index in [0.717, 1.165) is 35.5 Å². The minimum Gasteiger partial charge on any atom is -0.497 e. The van der Waals surface area contributed by atoms with Gasteiger partial charge in [0.15, 0.2) is 4.80 Å². The number of thiazole rings is 1. The zero-order chi connectivity index (χ0) is 20.8. The fraction of sp³-hybridized carbons (Fsp3) is 0.476. The van der Waals surface area contributed by atoms with Gasteiger partial charge in [-0.05, 0) is 37.0 Å². The van der Waals surface area contributed by atoms with Gasteiger partial charge in [-0.2, -0.15) is 4.99 Å². The highest BCUT2D eigenvalue weighted by atomic mass is 32.2. The summed E-state index contributed by atoms with van der Waals surface area (Å²) in [5, 5.41) is 0. The van der Waals surface area contributed by atoms with Crippen LogP contribution in [0.25, 0.3) is 10.2 Å². The fourth-order valence-electron chi connectivity index (χ4n) is 3.38. The molecule has 6 nitrogen and oxygen atoms in total. The number of thioether (sulfide) groups is 1. The predicted octanol–water partition coefficient (Wildman–Crippen LogP) is 2.76. The van der Waals surface area contributed by atoms with Crippen LogP contribution in [0.5, 0.6) is 5.75 Å². The first-order valence-corrected chi connectivity index (χ1v) is 11.5. The standard InChI is InChI=1S/C21H25N3O3S2/c1-4-9-24-17-8-7-16(27-3)11-18(17)29-21(24)22-19(25)13-28-14-20(26)23-10-5-6-15(2)12-23/h1,7-8,11,15H,5-6,9-10,12-14H2,2-3H3. The Hall–Kier alpha value is -2.24. The lowest BCUT2D eigenvalue weighted by atomic mass is 10.0. The zero-order valence-corrected chi connectivity index (χ0v) is 18.4. The van der Waals surface area contributed by atoms with Gasteiger partial charge in [-0.1, -0.05) is 24.2 Å². The van der Waals surface area contributed by atoms with Crippen molar-refractivity contribution in [3.05, 3.63) is 23.0 Å². The minimum absolute atomic E-state index is 0.103. The van der Waals surface area contributed by atoms with Crippen molar-refractivity contribution in [1.82, 2.24) is 9.47 Å². The highest BCUT2D eigenvalue weighted by Gasteiger charge is 2.20. The van der Waals surface area contributed by atoms with Gasteiger partial charge in [0.25, 0.3) is 5.91 Å². The molecule has 1 saturated heterocycles. The molecule has 3 rings (SSSR count). The SMILES string of the molecule is C#CCn1c(=NC(=O)CSCC(=O)N2CCCC(C)C2)sc2cc(OC)ccc21. The van der Waals surface area contributed by atoms with Crippen LogP contribution >= 0.6 is 23.1 Å². The van der Waals surface area contributed by atoms with E-state index in [1.165, 1.54) is 29.5 Å². The molecule has 0 saturated carbocycles. The van der Waals surface area contributed by atoms with Gasteiger partial charge in [0.05, 0.1) is 35.4 Å². The van der Waals surface area contributed by atoms with E-state index in [9.17, 15) is 9.59 Å². The van der Waals surface area contributed by atoms with Crippen molar-refractivity contribution in [2.75, 3.05) is 31.7 Å². The number of aromatic nitrogens is 1. The Balaban J connectivity index is 1.67. The van der Waals surface area contributed by atoms with Gasteiger partial charge >= 0.3 is 0 Å². The second-order valence-electron chi connectivity index (χ2n) is 7.09. The van der Waals surface area contributed by atoms with Gasteiger partial charge in [-0.3, -0.25) is 9.59 Å². The summed E-state index contributed by atoms with van der Waals surface area (Å²) >= 11 is 2.72. The normalized spacial score (nSPS) is 17.3. The molecule has 154 valence electrons. The van der Waals surface area contributed by atoms with E-state index in [2.05, 4.69) is 17.8 Å². The van der Waals surface area contributed by atoms with E-state index in [1.54, 1.807) is 7.11 Å². The highest BCUT2D eigenvalue weighted by Crippen LogP contribution is 2.23. The van der Waals surface area contributed by atoms with Crippen molar-refractivity contribution >= 4 is 45.1 Å². The molecule has 2 aromatic rings. The fourth-order valence-corrected chi connectivity index (χ4v) is 5.16. The van der Waals surface area contributed by atoms with Crippen molar-refractivity contribution < 1.29 is 14.3 Å². The summed E-state index contributed by atoms with van der Waals surface area (Å²) in [5.41, 5.74) is 0.919. The molecule has 0 spiro atoms. The number of methoxy groups -OCH3 is 1. The number of benzene rings is 1. The topological polar surface area (TPSA) is 63.9 Å². The van der Waals surface area contributed by atoms with Crippen molar-refractivity contribution in [3.8, 4) is 18.1 Å². The average molecular weight is 432 g/mol. The molecule has 0 N–H and O–H groups in total. The van der Waals surface area contributed by atoms with E-state index in [0.29, 0.717) is 23.0 Å². The van der Waals surface area contributed by atoms with Crippen LogP contribution < -0.4 is 9.54 Å². The molecule has 2 heterocycles. The largest absolute Gasteiger partial charge is 0.497 e. The van der Waals surface area contributed by atoms with Crippen molar-refractivity contribution in [2.45, 2.75) is 26.3 Å². The van der Waals surface area contributed by atoms with Crippen LogP contribution in [0, 0.1) is 18.3 Å². The van der Waals surface area contributed by atoms with Crippen LogP contribution in [0.1, 0.15) is 19.8 Å². The number of amides is 2. The molecule has 29 heavy (non-hydrogen) atoms. The number of terminal acetylenes is 1. The quantitative estimate of drug-likeness (QED) is 0.660. The third-order valence-corrected chi connectivity index (χ3v) is 6.76. The molecular formula is C21H25N3O3S2. The first-order chi connectivity index (χ1) is 14.0. The number of hydrogen-bond donors (Lipinski definition) is 0. The van der Waals surface area contributed by atoms with Gasteiger partial charge in [-0.15, -0.1) is 18.2 Å². The van der Waals surface area contributed by atoms with E-state index in [1.807, 2.05) is 27.7 Å². The Morgan fingerprint density at radius 1 is 1.41 bits per heavy atom. The van der Waals surface area contributed by atoms with E-state index < -0.39 is 0 Å². The van der Waals surface area contributed by atoms with Crippen LogP contribution in [-0.4, -0.2) is 53.0 Å². The van der Waals surface area contributed by atoms with Gasteiger partial charge < -0.3 is 14.2 Å². The number of likely N-dealkylation sites (tertiary alicyclic amines) is 1. The lowest BCUT2D eigenvalue weighted by Crippen LogP contribution is -2.40. The lowest BCUT2D eigenvalue weighted by Gasteiger charge is -2.30. The summed E-state index contributed by atoms with van der Waals surface area (Å²) in [4.78, 5) is 31.4. The summed E-state index contributed by atoms with van der Waals surface area (Å²) < 4.78 is 8.07. The van der Waals surface area contributed by atoms with Crippen LogP contribution in [0.4, 0.5) is 0 Å². The minimum atomic E-state index is -0.265. The molecule has 0 bridgehead atoms. The second kappa shape index (κ2) is 9.99. The number of hydrogen-bond acceptors (Lipinski definition) is 5. The van der Waals surface area contributed by atoms with E-state index in [-0.39, 0.29) is 17.6 Å². The summed E-state index contributed by atoms with van der Waals surface area (Å²) in [5.74, 6) is 4.22. The van der Waals surface area contributed by atoms with Crippen molar-refractivity contribution in [3.63, 3.8) is 0 Å². The molecule has 1 aliphatic rings. The Bertz CT molecular complexity index is 1000. The Morgan fingerprint density at radius 2 is 2.24 bits per heavy atom. The van der Waals surface area contributed by atoms with Gasteiger partial charge in [0.1, 0.15) is 5.75 Å². The first kappa shape index (κ1) is 21.5. The number of fused-ring (bicyclic) bond motifs is 1. The molecule has 1 aromatic heterocycles. The van der Waals surface area contributed by atoms with Crippen LogP contribution in [0.3, 0.4) is 0 Å². The zero-order valence-electron chi connectivity index (χ0n) is 16.7. The highest BCUT2D eigenvalue weighted by molar-refractivity contribution is 8.00. The Labute approximate surface area is 179 Å². The smallest absolute Gasteiger partial charge is 0.258 e. The Morgan fingerprint density at radius 3 is 2.97 bits per heavy atom. The lowest BCUT2D eigenvalue weighted by molar-refractivity contribution is -0.130. The molecule has 1 unspecified atom stereocenters. The summed E-state index contributed by atoms with van der Waals surface area (Å²) in [7, 11) is 1.61. The summed E-state index contributed by atoms with van der Waals surface area (Å²) in [6.07, 6.45) is 7.72. The molecule has 0 aliphatic carbocycles. The third-order valence-electron chi connectivity index (χ3n) is 4.82. The molecule has 1 atom stereocenters. The second-order valence-corrected chi connectivity index (χ2v) is 9.09. The van der Waals surface area contributed by atoms with Crippen LogP contribution in [0.2, 0.25) is 0 Å². The molecule has 8 heteroatoms. The van der Waals surface area contributed by atoms with Crippen molar-refractivity contribution in [2.24, 2.45) is 10.9 Å². The molecule has 1 fully saturated rings. The molecular weight excluding hydrogens is 406 g/mol.